The summed E-state index contributed by atoms with van der Waals surface area (Å²) in [5, 5.41) is 11.6. The molecule has 3 nitrogen and oxygen atoms in total. The fourth-order valence-corrected chi connectivity index (χ4v) is 1.21. The molecule has 0 bridgehead atoms. The molecule has 1 saturated heterocycles. The maximum Gasteiger partial charge on any atom is 0.327 e. The zero-order valence-electron chi connectivity index (χ0n) is 5.76. The van der Waals surface area contributed by atoms with Gasteiger partial charge in [-0.3, -0.25) is 5.32 Å². The number of rotatable bonds is 2. The second-order valence-corrected chi connectivity index (χ2v) is 2.51. The van der Waals surface area contributed by atoms with Crippen molar-refractivity contribution in [2.45, 2.75) is 18.4 Å². The van der Waals surface area contributed by atoms with E-state index in [0.29, 0.717) is 6.42 Å². The lowest BCUT2D eigenvalue weighted by Gasteiger charge is -2.18. The average Bonchev–Trinajstić information content (AvgIpc) is 2.35. The summed E-state index contributed by atoms with van der Waals surface area (Å²) < 4.78 is 0. The van der Waals surface area contributed by atoms with Gasteiger partial charge in [-0.1, -0.05) is 6.08 Å². The lowest BCUT2D eigenvalue weighted by molar-refractivity contribution is -0.142. The minimum Gasteiger partial charge on any atom is -0.480 e. The standard InChI is InChI=1S/C7H11NO2/c1-2-7(6(9)10)4-3-5-8-7/h2,8H,1,3-5H2,(H,9,10)/t7-/m1/s1. The molecule has 1 aliphatic heterocycles. The van der Waals surface area contributed by atoms with Crippen molar-refractivity contribution >= 4 is 5.97 Å². The maximum atomic E-state index is 10.6. The van der Waals surface area contributed by atoms with E-state index < -0.39 is 11.5 Å². The lowest BCUT2D eigenvalue weighted by Crippen LogP contribution is -2.45. The van der Waals surface area contributed by atoms with E-state index >= 15 is 0 Å². The van der Waals surface area contributed by atoms with E-state index in [-0.39, 0.29) is 0 Å². The first-order valence-electron chi connectivity index (χ1n) is 3.33. The molecule has 0 unspecified atom stereocenters. The number of hydrogen-bond donors (Lipinski definition) is 2. The van der Waals surface area contributed by atoms with Crippen LogP contribution in [0.4, 0.5) is 0 Å². The molecule has 2 N–H and O–H groups in total. The molecule has 56 valence electrons. The van der Waals surface area contributed by atoms with Gasteiger partial charge in [0, 0.05) is 0 Å². The van der Waals surface area contributed by atoms with Gasteiger partial charge in [-0.05, 0) is 19.4 Å². The Morgan fingerprint density at radius 1 is 1.80 bits per heavy atom. The SMILES string of the molecule is C=C[C@]1(C(=O)O)CCCN1. The van der Waals surface area contributed by atoms with Crippen LogP contribution in [-0.2, 0) is 4.79 Å². The number of carboxylic acid groups (broad SMARTS) is 1. The first-order valence-corrected chi connectivity index (χ1v) is 3.33. The third-order valence-corrected chi connectivity index (χ3v) is 1.92. The Bertz CT molecular complexity index is 159. The van der Waals surface area contributed by atoms with E-state index in [1.165, 1.54) is 6.08 Å². The molecular formula is C7H11NO2. The first-order chi connectivity index (χ1) is 4.71. The predicted octanol–water partition coefficient (Wildman–Crippen LogP) is 0.379. The summed E-state index contributed by atoms with van der Waals surface area (Å²) in [5.41, 5.74) is -0.833. The number of carboxylic acids is 1. The Balaban J connectivity index is 2.76. The van der Waals surface area contributed by atoms with Crippen LogP contribution in [0.1, 0.15) is 12.8 Å². The molecule has 0 saturated carbocycles. The summed E-state index contributed by atoms with van der Waals surface area (Å²) in [6.45, 7) is 4.27. The Labute approximate surface area is 59.7 Å². The molecular weight excluding hydrogens is 130 g/mol. The van der Waals surface area contributed by atoms with Crippen LogP contribution in [0.15, 0.2) is 12.7 Å². The smallest absolute Gasteiger partial charge is 0.327 e. The Morgan fingerprint density at radius 2 is 2.50 bits per heavy atom. The third-order valence-electron chi connectivity index (χ3n) is 1.92. The molecule has 1 fully saturated rings. The molecule has 0 amide bonds. The van der Waals surface area contributed by atoms with E-state index in [2.05, 4.69) is 11.9 Å². The molecule has 0 aliphatic carbocycles. The number of aliphatic carboxylic acids is 1. The quantitative estimate of drug-likeness (QED) is 0.546. The zero-order valence-corrected chi connectivity index (χ0v) is 5.76. The Hall–Kier alpha value is -0.830. The minimum absolute atomic E-state index is 0.659. The van der Waals surface area contributed by atoms with Crippen LogP contribution in [0.3, 0.4) is 0 Å². The van der Waals surface area contributed by atoms with Crippen molar-refractivity contribution in [3.05, 3.63) is 12.7 Å². The molecule has 0 radical (unpaired) electrons. The molecule has 0 aromatic heterocycles. The summed E-state index contributed by atoms with van der Waals surface area (Å²) in [6, 6.07) is 0. The monoisotopic (exact) mass is 141 g/mol. The zero-order chi connectivity index (χ0) is 7.61. The maximum absolute atomic E-state index is 10.6. The van der Waals surface area contributed by atoms with Crippen LogP contribution in [0.25, 0.3) is 0 Å². The second-order valence-electron chi connectivity index (χ2n) is 2.51. The highest BCUT2D eigenvalue weighted by atomic mass is 16.4. The summed E-state index contributed by atoms with van der Waals surface area (Å²) >= 11 is 0. The predicted molar refractivity (Wildman–Crippen MR) is 37.8 cm³/mol. The largest absolute Gasteiger partial charge is 0.480 e. The van der Waals surface area contributed by atoms with Crippen LogP contribution in [0, 0.1) is 0 Å². The van der Waals surface area contributed by atoms with Crippen molar-refractivity contribution in [3.8, 4) is 0 Å². The normalized spacial score (nSPS) is 32.0. The van der Waals surface area contributed by atoms with Gasteiger partial charge in [-0.25, -0.2) is 4.79 Å². The van der Waals surface area contributed by atoms with Gasteiger partial charge in [0.1, 0.15) is 5.54 Å². The fourth-order valence-electron chi connectivity index (χ4n) is 1.21. The van der Waals surface area contributed by atoms with Gasteiger partial charge in [-0.2, -0.15) is 0 Å². The molecule has 1 aliphatic rings. The van der Waals surface area contributed by atoms with Crippen LogP contribution < -0.4 is 5.32 Å². The molecule has 0 aromatic rings. The molecule has 0 spiro atoms. The number of carbonyl (C=O) groups is 1. The lowest BCUT2D eigenvalue weighted by atomic mass is 9.98. The summed E-state index contributed by atoms with van der Waals surface area (Å²) in [5.74, 6) is -0.819. The highest BCUT2D eigenvalue weighted by molar-refractivity contribution is 5.81. The highest BCUT2D eigenvalue weighted by Crippen LogP contribution is 2.19. The van der Waals surface area contributed by atoms with E-state index in [4.69, 9.17) is 5.11 Å². The molecule has 10 heavy (non-hydrogen) atoms. The summed E-state index contributed by atoms with van der Waals surface area (Å²) in [4.78, 5) is 10.6. The van der Waals surface area contributed by atoms with Crippen molar-refractivity contribution < 1.29 is 9.90 Å². The topological polar surface area (TPSA) is 49.3 Å². The molecule has 1 atom stereocenters. The van der Waals surface area contributed by atoms with Crippen LogP contribution in [-0.4, -0.2) is 23.2 Å². The van der Waals surface area contributed by atoms with Gasteiger partial charge >= 0.3 is 5.97 Å². The van der Waals surface area contributed by atoms with Crippen LogP contribution in [0.2, 0.25) is 0 Å². The highest BCUT2D eigenvalue weighted by Gasteiger charge is 2.37. The van der Waals surface area contributed by atoms with E-state index in [0.717, 1.165) is 13.0 Å². The van der Waals surface area contributed by atoms with Gasteiger partial charge in [0.05, 0.1) is 0 Å². The van der Waals surface area contributed by atoms with Crippen molar-refractivity contribution in [1.29, 1.82) is 0 Å². The van der Waals surface area contributed by atoms with Crippen molar-refractivity contribution in [1.82, 2.24) is 5.32 Å². The first kappa shape index (κ1) is 7.28. The Morgan fingerprint density at radius 3 is 2.70 bits per heavy atom. The van der Waals surface area contributed by atoms with Gasteiger partial charge in [-0.15, -0.1) is 6.58 Å². The summed E-state index contributed by atoms with van der Waals surface area (Å²) in [7, 11) is 0. The number of hydrogen-bond acceptors (Lipinski definition) is 2. The van der Waals surface area contributed by atoms with Gasteiger partial charge in [0.15, 0.2) is 0 Å². The molecule has 1 rings (SSSR count). The van der Waals surface area contributed by atoms with Gasteiger partial charge in [0.25, 0.3) is 0 Å². The van der Waals surface area contributed by atoms with Gasteiger partial charge < -0.3 is 5.11 Å². The summed E-state index contributed by atoms with van der Waals surface area (Å²) in [6.07, 6.45) is 3.05. The molecule has 0 aromatic carbocycles. The van der Waals surface area contributed by atoms with Crippen molar-refractivity contribution in [2.75, 3.05) is 6.54 Å². The van der Waals surface area contributed by atoms with E-state index in [1.54, 1.807) is 0 Å². The number of nitrogens with one attached hydrogen (secondary N) is 1. The average molecular weight is 141 g/mol. The van der Waals surface area contributed by atoms with Crippen LogP contribution >= 0.6 is 0 Å². The molecule has 1 heterocycles. The second kappa shape index (κ2) is 2.42. The van der Waals surface area contributed by atoms with E-state index in [1.807, 2.05) is 0 Å². The third kappa shape index (κ3) is 0.926. The molecule has 3 heteroatoms. The van der Waals surface area contributed by atoms with Gasteiger partial charge in [0.2, 0.25) is 0 Å². The van der Waals surface area contributed by atoms with Crippen LogP contribution in [0.5, 0.6) is 0 Å². The van der Waals surface area contributed by atoms with Crippen molar-refractivity contribution in [3.63, 3.8) is 0 Å². The Kier molecular flexibility index (Phi) is 1.76. The minimum atomic E-state index is -0.833. The fraction of sp³-hybridized carbons (Fsp3) is 0.571. The van der Waals surface area contributed by atoms with Crippen molar-refractivity contribution in [2.24, 2.45) is 0 Å². The van der Waals surface area contributed by atoms with E-state index in [9.17, 15) is 4.79 Å².